The van der Waals surface area contributed by atoms with Crippen LogP contribution in [0.1, 0.15) is 25.7 Å². The topological polar surface area (TPSA) is 35.8 Å². The van der Waals surface area contributed by atoms with E-state index in [1.807, 2.05) is 18.2 Å². The summed E-state index contributed by atoms with van der Waals surface area (Å²) in [4.78, 5) is 0. The van der Waals surface area contributed by atoms with E-state index in [1.165, 1.54) is 12.8 Å². The van der Waals surface area contributed by atoms with Crippen LogP contribution >= 0.6 is 15.9 Å². The van der Waals surface area contributed by atoms with Gasteiger partial charge in [0.25, 0.3) is 0 Å². The summed E-state index contributed by atoms with van der Waals surface area (Å²) in [6, 6.07) is 10.9. The quantitative estimate of drug-likeness (QED) is 0.889. The van der Waals surface area contributed by atoms with Gasteiger partial charge in [0.2, 0.25) is 0 Å². The van der Waals surface area contributed by atoms with Gasteiger partial charge in [0.1, 0.15) is 0 Å². The van der Waals surface area contributed by atoms with Gasteiger partial charge in [-0.15, -0.1) is 0 Å². The minimum Gasteiger partial charge on any atom is -0.381 e. The summed E-state index contributed by atoms with van der Waals surface area (Å²) < 4.78 is 1.07. The molecule has 2 atom stereocenters. The Balaban J connectivity index is 2.05. The molecule has 3 heteroatoms. The highest BCUT2D eigenvalue weighted by Gasteiger charge is 2.24. The van der Waals surface area contributed by atoms with Gasteiger partial charge < -0.3 is 5.32 Å². The molecule has 2 nitrogen and oxygen atoms in total. The normalized spacial score (nSPS) is 24.8. The van der Waals surface area contributed by atoms with E-state index in [-0.39, 0.29) is 5.92 Å². The Morgan fingerprint density at radius 1 is 1.31 bits per heavy atom. The Morgan fingerprint density at radius 2 is 2.12 bits per heavy atom. The van der Waals surface area contributed by atoms with Gasteiger partial charge in [0.05, 0.1) is 12.0 Å². The van der Waals surface area contributed by atoms with E-state index in [9.17, 15) is 0 Å². The zero-order valence-corrected chi connectivity index (χ0v) is 10.7. The molecule has 1 N–H and O–H groups in total. The summed E-state index contributed by atoms with van der Waals surface area (Å²) in [6.07, 6.45) is 4.55. The molecule has 1 saturated carbocycles. The van der Waals surface area contributed by atoms with Crippen LogP contribution < -0.4 is 5.32 Å². The number of nitrogens with one attached hydrogen (secondary N) is 1. The number of hydrogen-bond acceptors (Lipinski definition) is 2. The lowest BCUT2D eigenvalue weighted by Gasteiger charge is -2.28. The first kappa shape index (κ1) is 11.5. The van der Waals surface area contributed by atoms with Gasteiger partial charge in [-0.3, -0.25) is 0 Å². The first-order valence-electron chi connectivity index (χ1n) is 5.71. The summed E-state index contributed by atoms with van der Waals surface area (Å²) in [6.45, 7) is 0. The number of nitrogens with zero attached hydrogens (tertiary/aromatic N) is 1. The highest BCUT2D eigenvalue weighted by molar-refractivity contribution is 9.10. The minimum absolute atomic E-state index is 0.160. The standard InChI is InChI=1S/C13H15BrN2/c14-11-5-3-6-12(8-11)16-13-7-2-1-4-10(13)9-15/h3,5-6,8,10,13,16H,1-2,4,7H2. The molecule has 0 radical (unpaired) electrons. The molecule has 16 heavy (non-hydrogen) atoms. The fourth-order valence-corrected chi connectivity index (χ4v) is 2.65. The van der Waals surface area contributed by atoms with E-state index >= 15 is 0 Å². The van der Waals surface area contributed by atoms with Crippen LogP contribution in [-0.2, 0) is 0 Å². The molecule has 1 aromatic rings. The number of rotatable bonds is 2. The third-order valence-corrected chi connectivity index (χ3v) is 3.60. The molecule has 0 aromatic heterocycles. The first-order valence-corrected chi connectivity index (χ1v) is 6.50. The largest absolute Gasteiger partial charge is 0.381 e. The number of benzene rings is 1. The Hall–Kier alpha value is -1.01. The van der Waals surface area contributed by atoms with Crippen molar-refractivity contribution in [1.29, 1.82) is 5.26 Å². The third kappa shape index (κ3) is 2.76. The molecule has 0 amide bonds. The summed E-state index contributed by atoms with van der Waals surface area (Å²) >= 11 is 3.45. The fraction of sp³-hybridized carbons (Fsp3) is 0.462. The van der Waals surface area contributed by atoms with E-state index in [4.69, 9.17) is 5.26 Å². The van der Waals surface area contributed by atoms with E-state index in [0.29, 0.717) is 6.04 Å². The second-order valence-corrected chi connectivity index (χ2v) is 5.20. The number of hydrogen-bond donors (Lipinski definition) is 1. The Bertz CT molecular complexity index is 397. The Morgan fingerprint density at radius 3 is 2.88 bits per heavy atom. The highest BCUT2D eigenvalue weighted by Crippen LogP contribution is 2.27. The van der Waals surface area contributed by atoms with Crippen molar-refractivity contribution >= 4 is 21.6 Å². The monoisotopic (exact) mass is 278 g/mol. The summed E-state index contributed by atoms with van der Waals surface area (Å²) in [5, 5.41) is 12.6. The molecule has 0 heterocycles. The zero-order chi connectivity index (χ0) is 11.4. The average molecular weight is 279 g/mol. The predicted octanol–water partition coefficient (Wildman–Crippen LogP) is 3.94. The van der Waals surface area contributed by atoms with Crippen molar-refractivity contribution in [2.24, 2.45) is 5.92 Å². The molecule has 2 rings (SSSR count). The van der Waals surface area contributed by atoms with Crippen molar-refractivity contribution in [1.82, 2.24) is 0 Å². The predicted molar refractivity (Wildman–Crippen MR) is 69.1 cm³/mol. The highest BCUT2D eigenvalue weighted by atomic mass is 79.9. The zero-order valence-electron chi connectivity index (χ0n) is 9.12. The maximum Gasteiger partial charge on any atom is 0.0677 e. The molecule has 1 aromatic carbocycles. The molecule has 1 fully saturated rings. The molecule has 84 valence electrons. The fourth-order valence-electron chi connectivity index (χ4n) is 2.25. The number of halogens is 1. The van der Waals surface area contributed by atoms with E-state index < -0.39 is 0 Å². The molecule has 0 spiro atoms. The van der Waals surface area contributed by atoms with Crippen molar-refractivity contribution in [2.75, 3.05) is 5.32 Å². The van der Waals surface area contributed by atoms with Crippen LogP contribution in [0.25, 0.3) is 0 Å². The summed E-state index contributed by atoms with van der Waals surface area (Å²) in [5.41, 5.74) is 1.10. The van der Waals surface area contributed by atoms with E-state index in [0.717, 1.165) is 23.0 Å². The van der Waals surface area contributed by atoms with Crippen molar-refractivity contribution in [2.45, 2.75) is 31.7 Å². The lowest BCUT2D eigenvalue weighted by molar-refractivity contribution is 0.389. The van der Waals surface area contributed by atoms with Crippen LogP contribution in [0.4, 0.5) is 5.69 Å². The number of nitriles is 1. The Kier molecular flexibility index (Phi) is 3.84. The van der Waals surface area contributed by atoms with Gasteiger partial charge in [-0.2, -0.15) is 5.26 Å². The van der Waals surface area contributed by atoms with Crippen molar-refractivity contribution in [3.05, 3.63) is 28.7 Å². The van der Waals surface area contributed by atoms with Crippen LogP contribution in [0.2, 0.25) is 0 Å². The summed E-state index contributed by atoms with van der Waals surface area (Å²) in [5.74, 6) is 0.160. The van der Waals surface area contributed by atoms with Gasteiger partial charge >= 0.3 is 0 Å². The van der Waals surface area contributed by atoms with Gasteiger partial charge in [-0.25, -0.2) is 0 Å². The molecular weight excluding hydrogens is 264 g/mol. The lowest BCUT2D eigenvalue weighted by atomic mass is 9.85. The van der Waals surface area contributed by atoms with Crippen LogP contribution in [0.3, 0.4) is 0 Å². The van der Waals surface area contributed by atoms with Gasteiger partial charge in [0, 0.05) is 16.2 Å². The van der Waals surface area contributed by atoms with Crippen molar-refractivity contribution in [3.63, 3.8) is 0 Å². The average Bonchev–Trinajstić information content (AvgIpc) is 2.30. The van der Waals surface area contributed by atoms with Crippen LogP contribution in [0.5, 0.6) is 0 Å². The Labute approximate surface area is 105 Å². The first-order chi connectivity index (χ1) is 7.79. The second kappa shape index (κ2) is 5.36. The van der Waals surface area contributed by atoms with Crippen molar-refractivity contribution in [3.8, 4) is 6.07 Å². The van der Waals surface area contributed by atoms with Gasteiger partial charge in [0.15, 0.2) is 0 Å². The molecule has 2 unspecified atom stereocenters. The van der Waals surface area contributed by atoms with Crippen LogP contribution in [-0.4, -0.2) is 6.04 Å². The number of anilines is 1. The molecule has 1 aliphatic carbocycles. The molecule has 0 aliphatic heterocycles. The maximum absolute atomic E-state index is 9.09. The lowest BCUT2D eigenvalue weighted by Crippen LogP contribution is -2.31. The maximum atomic E-state index is 9.09. The van der Waals surface area contributed by atoms with Crippen molar-refractivity contribution < 1.29 is 0 Å². The molecule has 1 aliphatic rings. The van der Waals surface area contributed by atoms with Crippen LogP contribution in [0.15, 0.2) is 28.7 Å². The van der Waals surface area contributed by atoms with E-state index in [2.05, 4.69) is 33.4 Å². The SMILES string of the molecule is N#CC1CCCCC1Nc1cccc(Br)c1. The molecular formula is C13H15BrN2. The van der Waals surface area contributed by atoms with Crippen LogP contribution in [0, 0.1) is 17.2 Å². The molecule has 0 saturated heterocycles. The smallest absolute Gasteiger partial charge is 0.0677 e. The minimum atomic E-state index is 0.160. The summed E-state index contributed by atoms with van der Waals surface area (Å²) in [7, 11) is 0. The second-order valence-electron chi connectivity index (χ2n) is 4.28. The molecule has 0 bridgehead atoms. The van der Waals surface area contributed by atoms with Gasteiger partial charge in [-0.1, -0.05) is 34.8 Å². The van der Waals surface area contributed by atoms with E-state index in [1.54, 1.807) is 0 Å². The van der Waals surface area contributed by atoms with Gasteiger partial charge in [-0.05, 0) is 31.0 Å². The third-order valence-electron chi connectivity index (χ3n) is 3.11.